The molecule has 4 nitrogen and oxygen atoms in total. The lowest BCUT2D eigenvalue weighted by molar-refractivity contribution is -0.140. The monoisotopic (exact) mass is 406 g/mol. The fourth-order valence-electron chi connectivity index (χ4n) is 4.59. The predicted octanol–water partition coefficient (Wildman–Crippen LogP) is 4.61. The molecule has 2 aromatic rings. The summed E-state index contributed by atoms with van der Waals surface area (Å²) in [6.07, 6.45) is 2.64. The van der Waals surface area contributed by atoms with Crippen molar-refractivity contribution in [2.45, 2.75) is 46.5 Å². The number of aryl methyl sites for hydroxylation is 1. The summed E-state index contributed by atoms with van der Waals surface area (Å²) < 4.78 is 0. The standard InChI is InChI=1S/C26H34N2O2/c1-19(2)17-24(29)28-15-13-26(14-16-28,25(30)27-4)18-21-10-6-8-12-23(21)22-11-7-5-9-20(22)3/h5-12,19H,13-18H2,1-4H3,(H,27,30). The van der Waals surface area contributed by atoms with Gasteiger partial charge in [0.1, 0.15) is 0 Å². The van der Waals surface area contributed by atoms with E-state index in [9.17, 15) is 9.59 Å². The quantitative estimate of drug-likeness (QED) is 0.762. The molecule has 1 saturated heterocycles. The van der Waals surface area contributed by atoms with Gasteiger partial charge in [-0.1, -0.05) is 62.4 Å². The summed E-state index contributed by atoms with van der Waals surface area (Å²) in [5.41, 5.74) is 4.34. The number of carbonyl (C=O) groups excluding carboxylic acids is 2. The SMILES string of the molecule is CNC(=O)C1(Cc2ccccc2-c2ccccc2C)CCN(C(=O)CC(C)C)CC1. The van der Waals surface area contributed by atoms with Crippen LogP contribution in [0.4, 0.5) is 0 Å². The van der Waals surface area contributed by atoms with Gasteiger partial charge in [-0.25, -0.2) is 0 Å². The first-order valence-corrected chi connectivity index (χ1v) is 11.0. The van der Waals surface area contributed by atoms with Gasteiger partial charge in [-0.3, -0.25) is 9.59 Å². The first-order valence-electron chi connectivity index (χ1n) is 11.0. The number of benzene rings is 2. The highest BCUT2D eigenvalue weighted by atomic mass is 16.2. The number of amides is 2. The van der Waals surface area contributed by atoms with E-state index in [4.69, 9.17) is 0 Å². The zero-order valence-electron chi connectivity index (χ0n) is 18.7. The average Bonchev–Trinajstić information content (AvgIpc) is 2.74. The lowest BCUT2D eigenvalue weighted by Gasteiger charge is -2.41. The molecule has 0 unspecified atom stereocenters. The number of carbonyl (C=O) groups is 2. The van der Waals surface area contributed by atoms with Crippen LogP contribution in [-0.4, -0.2) is 36.9 Å². The van der Waals surface area contributed by atoms with Crippen LogP contribution in [0.15, 0.2) is 48.5 Å². The number of hydrogen-bond donors (Lipinski definition) is 1. The molecule has 1 fully saturated rings. The second-order valence-electron chi connectivity index (χ2n) is 8.99. The van der Waals surface area contributed by atoms with Crippen molar-refractivity contribution in [1.82, 2.24) is 10.2 Å². The van der Waals surface area contributed by atoms with E-state index in [-0.39, 0.29) is 11.8 Å². The lowest BCUT2D eigenvalue weighted by atomic mass is 9.71. The summed E-state index contributed by atoms with van der Waals surface area (Å²) >= 11 is 0. The number of nitrogens with one attached hydrogen (secondary N) is 1. The molecule has 3 rings (SSSR count). The van der Waals surface area contributed by atoms with Gasteiger partial charge in [-0.05, 0) is 54.4 Å². The van der Waals surface area contributed by atoms with Crippen molar-refractivity contribution in [1.29, 1.82) is 0 Å². The molecule has 2 aromatic carbocycles. The third-order valence-electron chi connectivity index (χ3n) is 6.35. The first-order chi connectivity index (χ1) is 14.4. The smallest absolute Gasteiger partial charge is 0.226 e. The zero-order chi connectivity index (χ0) is 21.7. The van der Waals surface area contributed by atoms with Crippen molar-refractivity contribution >= 4 is 11.8 Å². The molecule has 0 saturated carbocycles. The highest BCUT2D eigenvalue weighted by Gasteiger charge is 2.42. The molecule has 0 spiro atoms. The maximum atomic E-state index is 13.0. The Balaban J connectivity index is 1.87. The highest BCUT2D eigenvalue weighted by molar-refractivity contribution is 5.84. The van der Waals surface area contributed by atoms with Crippen LogP contribution < -0.4 is 5.32 Å². The minimum Gasteiger partial charge on any atom is -0.359 e. The van der Waals surface area contributed by atoms with Gasteiger partial charge in [-0.2, -0.15) is 0 Å². The van der Waals surface area contributed by atoms with Crippen LogP contribution in [0, 0.1) is 18.3 Å². The maximum Gasteiger partial charge on any atom is 0.226 e. The largest absolute Gasteiger partial charge is 0.359 e. The van der Waals surface area contributed by atoms with E-state index in [1.165, 1.54) is 22.3 Å². The van der Waals surface area contributed by atoms with Gasteiger partial charge < -0.3 is 10.2 Å². The molecule has 0 atom stereocenters. The predicted molar refractivity (Wildman–Crippen MR) is 122 cm³/mol. The van der Waals surface area contributed by atoms with Crippen molar-refractivity contribution in [2.75, 3.05) is 20.1 Å². The van der Waals surface area contributed by atoms with Crippen LogP contribution in [0.5, 0.6) is 0 Å². The Morgan fingerprint density at radius 1 is 1.00 bits per heavy atom. The van der Waals surface area contributed by atoms with Crippen molar-refractivity contribution in [3.63, 3.8) is 0 Å². The Bertz CT molecular complexity index is 895. The summed E-state index contributed by atoms with van der Waals surface area (Å²) in [5, 5.41) is 2.90. The van der Waals surface area contributed by atoms with Crippen LogP contribution in [-0.2, 0) is 16.0 Å². The number of likely N-dealkylation sites (tertiary alicyclic amines) is 1. The fraction of sp³-hybridized carbons (Fsp3) is 0.462. The normalized spacial score (nSPS) is 15.8. The average molecular weight is 407 g/mol. The van der Waals surface area contributed by atoms with E-state index in [1.54, 1.807) is 7.05 Å². The molecule has 0 aromatic heterocycles. The fourth-order valence-corrected chi connectivity index (χ4v) is 4.59. The minimum absolute atomic E-state index is 0.0815. The topological polar surface area (TPSA) is 49.4 Å². The van der Waals surface area contributed by atoms with Gasteiger partial charge in [0.25, 0.3) is 0 Å². The number of nitrogens with zero attached hydrogens (tertiary/aromatic N) is 1. The molecule has 4 heteroatoms. The minimum atomic E-state index is -0.484. The Morgan fingerprint density at radius 2 is 1.60 bits per heavy atom. The molecular formula is C26H34N2O2. The number of piperidine rings is 1. The van der Waals surface area contributed by atoms with Crippen LogP contribution >= 0.6 is 0 Å². The second-order valence-corrected chi connectivity index (χ2v) is 8.99. The molecule has 2 amide bonds. The highest BCUT2D eigenvalue weighted by Crippen LogP contribution is 2.39. The van der Waals surface area contributed by atoms with Crippen molar-refractivity contribution in [3.05, 3.63) is 59.7 Å². The molecule has 0 bridgehead atoms. The summed E-state index contributed by atoms with van der Waals surface area (Å²) in [4.78, 5) is 27.5. The molecule has 1 aliphatic heterocycles. The van der Waals surface area contributed by atoms with Gasteiger partial charge in [0, 0.05) is 26.6 Å². The van der Waals surface area contributed by atoms with Gasteiger partial charge in [0.05, 0.1) is 5.41 Å². The molecule has 1 aliphatic rings. The number of rotatable bonds is 6. The van der Waals surface area contributed by atoms with E-state index < -0.39 is 5.41 Å². The van der Waals surface area contributed by atoms with E-state index in [0.29, 0.717) is 44.7 Å². The van der Waals surface area contributed by atoms with E-state index >= 15 is 0 Å². The van der Waals surface area contributed by atoms with Crippen LogP contribution in [0.3, 0.4) is 0 Å². The van der Waals surface area contributed by atoms with Crippen molar-refractivity contribution in [3.8, 4) is 11.1 Å². The molecule has 160 valence electrons. The second kappa shape index (κ2) is 9.46. The Kier molecular flexibility index (Phi) is 6.96. The van der Waals surface area contributed by atoms with Gasteiger partial charge >= 0.3 is 0 Å². The lowest BCUT2D eigenvalue weighted by Crippen LogP contribution is -2.50. The summed E-state index contributed by atoms with van der Waals surface area (Å²) in [7, 11) is 1.72. The summed E-state index contributed by atoms with van der Waals surface area (Å²) in [5.74, 6) is 0.637. The van der Waals surface area contributed by atoms with Crippen LogP contribution in [0.1, 0.15) is 44.2 Å². The summed E-state index contributed by atoms with van der Waals surface area (Å²) in [6.45, 7) is 7.55. The molecule has 0 aliphatic carbocycles. The zero-order valence-corrected chi connectivity index (χ0v) is 18.7. The third kappa shape index (κ3) is 4.75. The van der Waals surface area contributed by atoms with Gasteiger partial charge in [0.2, 0.25) is 11.8 Å². The van der Waals surface area contributed by atoms with E-state index in [0.717, 1.165) is 0 Å². The molecule has 0 radical (unpaired) electrons. The van der Waals surface area contributed by atoms with Gasteiger partial charge in [-0.15, -0.1) is 0 Å². The van der Waals surface area contributed by atoms with Crippen molar-refractivity contribution in [2.24, 2.45) is 11.3 Å². The maximum absolute atomic E-state index is 13.0. The molecule has 1 heterocycles. The Hall–Kier alpha value is -2.62. The van der Waals surface area contributed by atoms with Gasteiger partial charge in [0.15, 0.2) is 0 Å². The third-order valence-corrected chi connectivity index (χ3v) is 6.35. The number of hydrogen-bond acceptors (Lipinski definition) is 2. The van der Waals surface area contributed by atoms with E-state index in [2.05, 4.69) is 74.6 Å². The Morgan fingerprint density at radius 3 is 2.20 bits per heavy atom. The first kappa shape index (κ1) is 22.1. The van der Waals surface area contributed by atoms with Crippen LogP contribution in [0.25, 0.3) is 11.1 Å². The van der Waals surface area contributed by atoms with Crippen LogP contribution in [0.2, 0.25) is 0 Å². The molecule has 1 N–H and O–H groups in total. The van der Waals surface area contributed by atoms with E-state index in [1.807, 2.05) is 4.90 Å². The molecular weight excluding hydrogens is 372 g/mol. The molecule has 30 heavy (non-hydrogen) atoms. The summed E-state index contributed by atoms with van der Waals surface area (Å²) in [6, 6.07) is 16.8. The Labute approximate surface area is 180 Å². The van der Waals surface area contributed by atoms with Crippen molar-refractivity contribution < 1.29 is 9.59 Å².